The fraction of sp³-hybridized carbons (Fsp3) is 0.905. The first-order chi connectivity index (χ1) is 21.0. The summed E-state index contributed by atoms with van der Waals surface area (Å²) in [6.07, 6.45) is 54.2. The monoisotopic (exact) mass is 603 g/mol. The Kier molecular flexibility index (Phi) is 33.9. The predicted octanol–water partition coefficient (Wildman–Crippen LogP) is 14.6. The number of quaternary nitrogens is 1. The van der Waals surface area contributed by atoms with Crippen molar-refractivity contribution >= 4 is 0 Å². The van der Waals surface area contributed by atoms with Gasteiger partial charge < -0.3 is 4.48 Å². The molecule has 43 heavy (non-hydrogen) atoms. The molecule has 0 aromatic rings. The van der Waals surface area contributed by atoms with Crippen LogP contribution in [0.25, 0.3) is 0 Å². The van der Waals surface area contributed by atoms with Gasteiger partial charge in [-0.05, 0) is 32.1 Å². The molecule has 0 rings (SSSR count). The Hall–Kier alpha value is -0.560. The van der Waals surface area contributed by atoms with Crippen molar-refractivity contribution < 1.29 is 4.48 Å². The van der Waals surface area contributed by atoms with E-state index in [4.69, 9.17) is 0 Å². The molecule has 256 valence electrons. The van der Waals surface area contributed by atoms with Crippen molar-refractivity contribution in [2.75, 3.05) is 27.7 Å². The average Bonchev–Trinajstić information content (AvgIpc) is 2.97. The molecule has 0 heterocycles. The van der Waals surface area contributed by atoms with Crippen LogP contribution >= 0.6 is 0 Å². The molecule has 0 N–H and O–H groups in total. The summed E-state index contributed by atoms with van der Waals surface area (Å²) in [4.78, 5) is 0. The third-order valence-electron chi connectivity index (χ3n) is 9.24. The van der Waals surface area contributed by atoms with Crippen molar-refractivity contribution in [3.8, 4) is 0 Å². The van der Waals surface area contributed by atoms with Gasteiger partial charge in [-0.25, -0.2) is 0 Å². The van der Waals surface area contributed by atoms with E-state index in [1.165, 1.54) is 206 Å². The first kappa shape index (κ1) is 42.4. The van der Waals surface area contributed by atoms with Crippen LogP contribution in [-0.2, 0) is 0 Å². The van der Waals surface area contributed by atoms with E-state index in [0.717, 1.165) is 4.48 Å². The van der Waals surface area contributed by atoms with Gasteiger partial charge in [-0.2, -0.15) is 0 Å². The number of hydrogen-bond donors (Lipinski definition) is 0. The lowest BCUT2D eigenvalue weighted by Crippen LogP contribution is -2.38. The van der Waals surface area contributed by atoms with E-state index in [1.54, 1.807) is 0 Å². The van der Waals surface area contributed by atoms with E-state index in [1.807, 2.05) is 0 Å². The van der Waals surface area contributed by atoms with E-state index in [2.05, 4.69) is 59.3 Å². The summed E-state index contributed by atoms with van der Waals surface area (Å²) in [7, 11) is 7.02. The van der Waals surface area contributed by atoms with Crippen molar-refractivity contribution in [2.24, 2.45) is 5.92 Å². The first-order valence-corrected chi connectivity index (χ1v) is 20.1. The maximum atomic E-state index is 2.54. The zero-order valence-corrected chi connectivity index (χ0v) is 31.0. The van der Waals surface area contributed by atoms with Gasteiger partial charge in [0.1, 0.15) is 0 Å². The van der Waals surface area contributed by atoms with Crippen LogP contribution in [0.4, 0.5) is 0 Å². The van der Waals surface area contributed by atoms with Gasteiger partial charge in [0, 0.05) is 5.92 Å². The molecular weight excluding hydrogens is 518 g/mol. The van der Waals surface area contributed by atoms with Gasteiger partial charge in [0.2, 0.25) is 0 Å². The third kappa shape index (κ3) is 37.5. The van der Waals surface area contributed by atoms with E-state index < -0.39 is 0 Å². The van der Waals surface area contributed by atoms with Gasteiger partial charge in [0.25, 0.3) is 0 Å². The minimum absolute atomic E-state index is 0.680. The average molecular weight is 603 g/mol. The summed E-state index contributed by atoms with van der Waals surface area (Å²) < 4.78 is 1.06. The Morgan fingerprint density at radius 3 is 1.00 bits per heavy atom. The van der Waals surface area contributed by atoms with E-state index in [0.29, 0.717) is 5.92 Å². The fourth-order valence-corrected chi connectivity index (χ4v) is 6.51. The van der Waals surface area contributed by atoms with Gasteiger partial charge in [-0.1, -0.05) is 205 Å². The van der Waals surface area contributed by atoms with E-state index >= 15 is 0 Å². The molecule has 0 saturated carbocycles. The molecule has 0 amide bonds. The standard InChI is InChI=1S/C42H84N/c1-6-8-10-12-14-16-18-20-22-24-26-28-30-32-34-36-38-40-42(41-43(3,4)5)39-37-35-33-31-29-27-25-23-21-19-17-15-13-11-9-7-2/h36-39,42H,6-35,40-41H2,1-5H3/q+1. The molecule has 0 aromatic heterocycles. The summed E-state index contributed by atoms with van der Waals surface area (Å²) >= 11 is 0. The van der Waals surface area contributed by atoms with Crippen LogP contribution in [0, 0.1) is 5.92 Å². The quantitative estimate of drug-likeness (QED) is 0.0384. The largest absolute Gasteiger partial charge is 0.330 e. The molecule has 0 radical (unpaired) electrons. The molecule has 0 fully saturated rings. The maximum Gasteiger partial charge on any atom is 0.0847 e. The van der Waals surface area contributed by atoms with Crippen molar-refractivity contribution in [1.29, 1.82) is 0 Å². The molecule has 0 bridgehead atoms. The maximum absolute atomic E-state index is 2.54. The molecule has 0 spiro atoms. The Morgan fingerprint density at radius 1 is 0.372 bits per heavy atom. The summed E-state index contributed by atoms with van der Waals surface area (Å²) in [6.45, 7) is 5.85. The lowest BCUT2D eigenvalue weighted by Gasteiger charge is -2.27. The molecule has 0 aliphatic rings. The summed E-state index contributed by atoms with van der Waals surface area (Å²) in [5, 5.41) is 0. The molecule has 1 nitrogen and oxygen atoms in total. The predicted molar refractivity (Wildman–Crippen MR) is 199 cm³/mol. The molecule has 0 saturated heterocycles. The van der Waals surface area contributed by atoms with Crippen molar-refractivity contribution in [3.63, 3.8) is 0 Å². The van der Waals surface area contributed by atoms with Gasteiger partial charge in [-0.15, -0.1) is 0 Å². The minimum atomic E-state index is 0.680. The second kappa shape index (κ2) is 34.3. The summed E-state index contributed by atoms with van der Waals surface area (Å²) in [5.74, 6) is 0.680. The van der Waals surface area contributed by atoms with E-state index in [-0.39, 0.29) is 0 Å². The molecule has 1 heteroatoms. The molecule has 0 aliphatic carbocycles. The number of unbranched alkanes of at least 4 members (excludes halogenated alkanes) is 28. The van der Waals surface area contributed by atoms with Crippen LogP contribution in [-0.4, -0.2) is 32.2 Å². The second-order valence-electron chi connectivity index (χ2n) is 15.1. The van der Waals surface area contributed by atoms with Crippen LogP contribution in [0.1, 0.15) is 213 Å². The number of nitrogens with zero attached hydrogens (tertiary/aromatic N) is 1. The zero-order chi connectivity index (χ0) is 31.5. The Morgan fingerprint density at radius 2 is 0.674 bits per heavy atom. The Bertz CT molecular complexity index is 568. The molecule has 0 aliphatic heterocycles. The molecule has 0 aromatic carbocycles. The molecule has 1 unspecified atom stereocenters. The zero-order valence-electron chi connectivity index (χ0n) is 31.0. The topological polar surface area (TPSA) is 0 Å². The number of rotatable bonds is 35. The first-order valence-electron chi connectivity index (χ1n) is 20.1. The highest BCUT2D eigenvalue weighted by Crippen LogP contribution is 2.17. The minimum Gasteiger partial charge on any atom is -0.330 e. The second-order valence-corrected chi connectivity index (χ2v) is 15.1. The lowest BCUT2D eigenvalue weighted by atomic mass is 10.0. The van der Waals surface area contributed by atoms with Gasteiger partial charge in [0.05, 0.1) is 27.7 Å². The van der Waals surface area contributed by atoms with E-state index in [9.17, 15) is 0 Å². The van der Waals surface area contributed by atoms with Crippen LogP contribution in [0.3, 0.4) is 0 Å². The number of hydrogen-bond acceptors (Lipinski definition) is 0. The van der Waals surface area contributed by atoms with Gasteiger partial charge in [0.15, 0.2) is 0 Å². The van der Waals surface area contributed by atoms with Gasteiger partial charge >= 0.3 is 0 Å². The molecule has 1 atom stereocenters. The van der Waals surface area contributed by atoms with Crippen molar-refractivity contribution in [1.82, 2.24) is 0 Å². The van der Waals surface area contributed by atoms with Crippen molar-refractivity contribution in [2.45, 2.75) is 213 Å². The molecular formula is C42H84N+. The summed E-state index contributed by atoms with van der Waals surface area (Å²) in [6, 6.07) is 0. The SMILES string of the molecule is CCCCCCCCCCCCCCCCC=CCC(C=CCCCCCCCCCCCCCCCC)C[N+](C)(C)C. The Balaban J connectivity index is 3.72. The highest BCUT2D eigenvalue weighted by atomic mass is 15.3. The highest BCUT2D eigenvalue weighted by molar-refractivity contribution is 4.94. The highest BCUT2D eigenvalue weighted by Gasteiger charge is 2.14. The smallest absolute Gasteiger partial charge is 0.0847 e. The van der Waals surface area contributed by atoms with Crippen LogP contribution in [0.5, 0.6) is 0 Å². The number of allylic oxidation sites excluding steroid dienone is 3. The van der Waals surface area contributed by atoms with Gasteiger partial charge in [-0.3, -0.25) is 0 Å². The van der Waals surface area contributed by atoms with Crippen LogP contribution in [0.2, 0.25) is 0 Å². The van der Waals surface area contributed by atoms with Crippen molar-refractivity contribution in [3.05, 3.63) is 24.3 Å². The van der Waals surface area contributed by atoms with Crippen LogP contribution in [0.15, 0.2) is 24.3 Å². The normalized spacial score (nSPS) is 13.1. The fourth-order valence-electron chi connectivity index (χ4n) is 6.51. The summed E-state index contributed by atoms with van der Waals surface area (Å²) in [5.41, 5.74) is 0. The van der Waals surface area contributed by atoms with Crippen LogP contribution < -0.4 is 0 Å². The Labute approximate surface area is 274 Å². The lowest BCUT2D eigenvalue weighted by molar-refractivity contribution is -0.873. The third-order valence-corrected chi connectivity index (χ3v) is 9.24.